The summed E-state index contributed by atoms with van der Waals surface area (Å²) in [5.74, 6) is 1.27. The van der Waals surface area contributed by atoms with Crippen molar-refractivity contribution in [3.8, 4) is 0 Å². The third-order valence-corrected chi connectivity index (χ3v) is 6.10. The second-order valence-corrected chi connectivity index (χ2v) is 9.63. The third-order valence-electron chi connectivity index (χ3n) is 6.10. The molecule has 8 heteroatoms. The summed E-state index contributed by atoms with van der Waals surface area (Å²) < 4.78 is 0. The Bertz CT molecular complexity index is 1130. The molecule has 0 aliphatic carbocycles. The Labute approximate surface area is 201 Å². The highest BCUT2D eigenvalue weighted by Gasteiger charge is 2.24. The molecular weight excluding hydrogens is 426 g/mol. The van der Waals surface area contributed by atoms with Gasteiger partial charge in [0.25, 0.3) is 0 Å². The number of rotatable bonds is 5. The number of nitrogens with zero attached hydrogens (tertiary/aromatic N) is 5. The summed E-state index contributed by atoms with van der Waals surface area (Å²) in [6, 6.07) is 14.0. The quantitative estimate of drug-likeness (QED) is 0.600. The van der Waals surface area contributed by atoms with Gasteiger partial charge in [-0.1, -0.05) is 39.0 Å². The molecule has 0 spiro atoms. The van der Waals surface area contributed by atoms with Crippen LogP contribution in [0.4, 0.5) is 22.2 Å². The minimum Gasteiger partial charge on any atom is -0.368 e. The van der Waals surface area contributed by atoms with Gasteiger partial charge in [-0.2, -0.15) is 0 Å². The lowest BCUT2D eigenvalue weighted by atomic mass is 9.87. The van der Waals surface area contributed by atoms with Crippen LogP contribution in [0.5, 0.6) is 0 Å². The summed E-state index contributed by atoms with van der Waals surface area (Å²) in [6.45, 7) is 9.26. The Hall–Kier alpha value is -3.68. The van der Waals surface area contributed by atoms with Gasteiger partial charge in [-0.15, -0.1) is 0 Å². The topological polar surface area (TPSA) is 100 Å². The number of amides is 2. The van der Waals surface area contributed by atoms with Crippen LogP contribution in [0.1, 0.15) is 37.6 Å². The Morgan fingerprint density at radius 3 is 2.53 bits per heavy atom. The summed E-state index contributed by atoms with van der Waals surface area (Å²) in [5, 5.41) is 3.06. The van der Waals surface area contributed by atoms with E-state index in [4.69, 9.17) is 5.73 Å². The monoisotopic (exact) mass is 459 g/mol. The molecule has 178 valence electrons. The maximum Gasteiger partial charge on any atom is 0.321 e. The van der Waals surface area contributed by atoms with Gasteiger partial charge in [0, 0.05) is 50.0 Å². The number of urea groups is 1. The van der Waals surface area contributed by atoms with Gasteiger partial charge < -0.3 is 20.9 Å². The number of nitrogens with two attached hydrogens (primary N) is 1. The van der Waals surface area contributed by atoms with E-state index < -0.39 is 0 Å². The highest BCUT2D eigenvalue weighted by atomic mass is 16.2. The largest absolute Gasteiger partial charge is 0.368 e. The Morgan fingerprint density at radius 2 is 1.79 bits per heavy atom. The van der Waals surface area contributed by atoms with E-state index in [0.717, 1.165) is 48.7 Å². The normalized spacial score (nSPS) is 14.2. The number of aryl methyl sites for hydroxylation is 2. The maximum atomic E-state index is 12.9. The van der Waals surface area contributed by atoms with Crippen LogP contribution < -0.4 is 16.0 Å². The van der Waals surface area contributed by atoms with E-state index in [9.17, 15) is 4.79 Å². The Morgan fingerprint density at radius 1 is 1.00 bits per heavy atom. The van der Waals surface area contributed by atoms with Crippen LogP contribution >= 0.6 is 0 Å². The van der Waals surface area contributed by atoms with Crippen molar-refractivity contribution in [2.24, 2.45) is 0 Å². The first kappa shape index (κ1) is 23.5. The molecular formula is C26H33N7O. The molecule has 0 saturated carbocycles. The van der Waals surface area contributed by atoms with Gasteiger partial charge in [-0.05, 0) is 53.6 Å². The van der Waals surface area contributed by atoms with Crippen LogP contribution in [0, 0.1) is 0 Å². The Kier molecular flexibility index (Phi) is 6.95. The van der Waals surface area contributed by atoms with E-state index in [2.05, 4.69) is 64.1 Å². The molecule has 3 heterocycles. The second-order valence-electron chi connectivity index (χ2n) is 9.63. The van der Waals surface area contributed by atoms with Crippen LogP contribution in [0.2, 0.25) is 0 Å². The molecule has 0 atom stereocenters. The predicted molar refractivity (Wildman–Crippen MR) is 136 cm³/mol. The van der Waals surface area contributed by atoms with Gasteiger partial charge >= 0.3 is 6.03 Å². The van der Waals surface area contributed by atoms with Crippen molar-refractivity contribution in [3.05, 3.63) is 71.7 Å². The number of aromatic nitrogens is 3. The molecule has 1 aromatic carbocycles. The summed E-state index contributed by atoms with van der Waals surface area (Å²) in [7, 11) is 0. The van der Waals surface area contributed by atoms with Gasteiger partial charge in [0.1, 0.15) is 5.82 Å². The predicted octanol–water partition coefficient (Wildman–Crippen LogP) is 3.89. The number of nitrogen functional groups attached to an aromatic ring is 1. The zero-order valence-electron chi connectivity index (χ0n) is 20.2. The van der Waals surface area contributed by atoms with Crippen LogP contribution in [0.3, 0.4) is 0 Å². The van der Waals surface area contributed by atoms with Gasteiger partial charge in [0.05, 0.1) is 0 Å². The molecule has 4 rings (SSSR count). The molecule has 8 nitrogen and oxygen atoms in total. The molecule has 34 heavy (non-hydrogen) atoms. The first-order valence-electron chi connectivity index (χ1n) is 11.7. The lowest BCUT2D eigenvalue weighted by Crippen LogP contribution is -2.50. The van der Waals surface area contributed by atoms with E-state index in [1.165, 1.54) is 5.56 Å². The van der Waals surface area contributed by atoms with Crippen molar-refractivity contribution < 1.29 is 4.79 Å². The Balaban J connectivity index is 1.35. The number of nitrogens with one attached hydrogen (secondary N) is 1. The molecule has 0 bridgehead atoms. The molecule has 0 unspecified atom stereocenters. The SMILES string of the molecule is CC(C)(C)c1cccc(NC(=O)N2CCN(c3ncccc3CCc3ccnc(N)n3)CC2)c1. The minimum atomic E-state index is -0.0618. The molecule has 2 aromatic heterocycles. The van der Waals surface area contributed by atoms with Gasteiger partial charge in [-0.25, -0.2) is 19.7 Å². The summed E-state index contributed by atoms with van der Waals surface area (Å²) in [5.41, 5.74) is 9.85. The lowest BCUT2D eigenvalue weighted by molar-refractivity contribution is 0.208. The van der Waals surface area contributed by atoms with Crippen molar-refractivity contribution in [2.75, 3.05) is 42.1 Å². The number of benzene rings is 1. The molecule has 1 aliphatic heterocycles. The average Bonchev–Trinajstić information content (AvgIpc) is 2.83. The molecule has 3 N–H and O–H groups in total. The second kappa shape index (κ2) is 10.1. The molecule has 3 aromatic rings. The first-order valence-corrected chi connectivity index (χ1v) is 11.7. The summed E-state index contributed by atoms with van der Waals surface area (Å²) >= 11 is 0. The third kappa shape index (κ3) is 5.81. The summed E-state index contributed by atoms with van der Waals surface area (Å²) in [4.78, 5) is 29.9. The van der Waals surface area contributed by atoms with Crippen molar-refractivity contribution in [1.82, 2.24) is 19.9 Å². The maximum absolute atomic E-state index is 12.9. The highest BCUT2D eigenvalue weighted by molar-refractivity contribution is 5.89. The minimum absolute atomic E-state index is 0.0345. The number of piperazine rings is 1. The number of hydrogen-bond acceptors (Lipinski definition) is 6. The van der Waals surface area contributed by atoms with Crippen molar-refractivity contribution in [2.45, 2.75) is 39.0 Å². The zero-order valence-corrected chi connectivity index (χ0v) is 20.2. The molecule has 1 fully saturated rings. The fourth-order valence-corrected chi connectivity index (χ4v) is 4.11. The molecule has 1 saturated heterocycles. The zero-order chi connectivity index (χ0) is 24.1. The highest BCUT2D eigenvalue weighted by Crippen LogP contribution is 2.25. The number of carbonyl (C=O) groups excluding carboxylic acids is 1. The number of pyridine rings is 1. The summed E-state index contributed by atoms with van der Waals surface area (Å²) in [6.07, 6.45) is 5.08. The van der Waals surface area contributed by atoms with Crippen molar-refractivity contribution >= 4 is 23.5 Å². The lowest BCUT2D eigenvalue weighted by Gasteiger charge is -2.36. The van der Waals surface area contributed by atoms with Crippen LogP contribution in [-0.4, -0.2) is 52.1 Å². The van der Waals surface area contributed by atoms with Gasteiger partial charge in [-0.3, -0.25) is 0 Å². The van der Waals surface area contributed by atoms with E-state index in [1.54, 1.807) is 6.20 Å². The number of carbonyl (C=O) groups is 1. The van der Waals surface area contributed by atoms with E-state index in [-0.39, 0.29) is 11.4 Å². The molecule has 1 aliphatic rings. The number of hydrogen-bond donors (Lipinski definition) is 2. The number of anilines is 3. The molecule has 2 amide bonds. The van der Waals surface area contributed by atoms with Gasteiger partial charge in [0.15, 0.2) is 0 Å². The first-order chi connectivity index (χ1) is 16.3. The van der Waals surface area contributed by atoms with Gasteiger partial charge in [0.2, 0.25) is 5.95 Å². The van der Waals surface area contributed by atoms with Crippen LogP contribution in [0.15, 0.2) is 54.9 Å². The van der Waals surface area contributed by atoms with Crippen molar-refractivity contribution in [3.63, 3.8) is 0 Å². The van der Waals surface area contributed by atoms with Crippen molar-refractivity contribution in [1.29, 1.82) is 0 Å². The molecule has 0 radical (unpaired) electrons. The fourth-order valence-electron chi connectivity index (χ4n) is 4.11. The van der Waals surface area contributed by atoms with E-state index in [1.807, 2.05) is 35.4 Å². The smallest absolute Gasteiger partial charge is 0.321 e. The van der Waals surface area contributed by atoms with E-state index in [0.29, 0.717) is 19.0 Å². The van der Waals surface area contributed by atoms with E-state index >= 15 is 0 Å². The average molecular weight is 460 g/mol. The fraction of sp³-hybridized carbons (Fsp3) is 0.385. The van der Waals surface area contributed by atoms with Crippen LogP contribution in [-0.2, 0) is 18.3 Å². The van der Waals surface area contributed by atoms with Crippen LogP contribution in [0.25, 0.3) is 0 Å². The standard InChI is InChI=1S/C26H33N7O/c1-26(2,3)20-7-4-8-22(18-20)31-25(34)33-16-14-32(15-17-33)23-19(6-5-12-28-23)9-10-21-11-13-29-24(27)30-21/h4-8,11-13,18H,9-10,14-17H2,1-3H3,(H,31,34)(H2,27,29,30).